The molecule has 6 heteroatoms. The zero-order valence-corrected chi connectivity index (χ0v) is 16.4. The molecule has 3 N–H and O–H groups in total. The van der Waals surface area contributed by atoms with Gasteiger partial charge in [-0.1, -0.05) is 12.8 Å². The predicted molar refractivity (Wildman–Crippen MR) is 103 cm³/mol. The zero-order valence-electron chi connectivity index (χ0n) is 15.6. The third-order valence-corrected chi connectivity index (χ3v) is 7.85. The van der Waals surface area contributed by atoms with Gasteiger partial charge < -0.3 is 10.8 Å². The second-order valence-electron chi connectivity index (χ2n) is 8.96. The van der Waals surface area contributed by atoms with Crippen LogP contribution in [0.4, 0.5) is 4.39 Å². The van der Waals surface area contributed by atoms with Crippen LogP contribution < -0.4 is 5.73 Å². The maximum absolute atomic E-state index is 14.5. The highest BCUT2D eigenvalue weighted by Crippen LogP contribution is 2.49. The van der Waals surface area contributed by atoms with Crippen LogP contribution in [-0.2, 0) is 0 Å². The number of amidine groups is 1. The fraction of sp³-hybridized carbons (Fsp3) is 0.950. The molecular formula is C20H33ClFN3O. The van der Waals surface area contributed by atoms with Crippen molar-refractivity contribution in [3.8, 4) is 0 Å². The second-order valence-corrected chi connectivity index (χ2v) is 9.58. The third kappa shape index (κ3) is 3.29. The van der Waals surface area contributed by atoms with E-state index in [9.17, 15) is 9.50 Å². The van der Waals surface area contributed by atoms with Crippen LogP contribution in [0.1, 0.15) is 64.2 Å². The summed E-state index contributed by atoms with van der Waals surface area (Å²) in [6.45, 7) is 2.11. The highest BCUT2D eigenvalue weighted by atomic mass is 35.5. The van der Waals surface area contributed by atoms with Crippen molar-refractivity contribution in [2.75, 3.05) is 13.1 Å². The molecular weight excluding hydrogens is 353 g/mol. The average Bonchev–Trinajstić information content (AvgIpc) is 2.81. The molecule has 0 aromatic carbocycles. The largest absolute Gasteiger partial charge is 0.385 e. The fourth-order valence-corrected chi connectivity index (χ4v) is 6.43. The number of nitrogens with two attached hydrogens (primary N) is 1. The summed E-state index contributed by atoms with van der Waals surface area (Å²) in [5.41, 5.74) is 5.14. The van der Waals surface area contributed by atoms with Gasteiger partial charge in [0.25, 0.3) is 0 Å². The Kier molecular flexibility index (Phi) is 5.51. The lowest BCUT2D eigenvalue weighted by Gasteiger charge is -2.50. The molecule has 2 aliphatic carbocycles. The van der Waals surface area contributed by atoms with Crippen LogP contribution in [0.3, 0.4) is 0 Å². The van der Waals surface area contributed by atoms with Crippen molar-refractivity contribution in [1.82, 2.24) is 4.90 Å². The molecule has 2 heterocycles. The SMILES string of the molecule is NC1=NC2CCC(Cl)CC2C1(O)C1CC(F)CCC1N1CCCCCC1. The van der Waals surface area contributed by atoms with Crippen LogP contribution in [0, 0.1) is 11.8 Å². The Balaban J connectivity index is 1.63. The Bertz CT molecular complexity index is 539. The molecule has 4 aliphatic rings. The molecule has 4 nitrogen and oxygen atoms in total. The molecule has 26 heavy (non-hydrogen) atoms. The van der Waals surface area contributed by atoms with E-state index in [1.165, 1.54) is 25.7 Å². The molecule has 0 spiro atoms. The van der Waals surface area contributed by atoms with Crippen LogP contribution in [-0.4, -0.2) is 58.2 Å². The first-order chi connectivity index (χ1) is 12.5. The van der Waals surface area contributed by atoms with Gasteiger partial charge in [0.2, 0.25) is 0 Å². The minimum atomic E-state index is -1.19. The lowest BCUT2D eigenvalue weighted by Crippen LogP contribution is -2.62. The lowest BCUT2D eigenvalue weighted by atomic mass is 9.63. The maximum Gasteiger partial charge on any atom is 0.130 e. The topological polar surface area (TPSA) is 61.9 Å². The first kappa shape index (κ1) is 18.9. The van der Waals surface area contributed by atoms with Crippen LogP contribution in [0.5, 0.6) is 0 Å². The van der Waals surface area contributed by atoms with Gasteiger partial charge in [-0.15, -0.1) is 11.6 Å². The molecule has 7 unspecified atom stereocenters. The van der Waals surface area contributed by atoms with E-state index in [4.69, 9.17) is 17.3 Å². The molecule has 148 valence electrons. The van der Waals surface area contributed by atoms with Gasteiger partial charge in [-0.3, -0.25) is 9.89 Å². The monoisotopic (exact) mass is 385 g/mol. The smallest absolute Gasteiger partial charge is 0.130 e. The van der Waals surface area contributed by atoms with Crippen LogP contribution in [0.25, 0.3) is 0 Å². The summed E-state index contributed by atoms with van der Waals surface area (Å²) in [6.07, 6.45) is 8.40. The van der Waals surface area contributed by atoms with Gasteiger partial charge in [-0.05, 0) is 64.5 Å². The number of likely N-dealkylation sites (tertiary alicyclic amines) is 1. The van der Waals surface area contributed by atoms with Crippen molar-refractivity contribution in [3.05, 3.63) is 0 Å². The normalized spacial score (nSPS) is 47.9. The average molecular weight is 386 g/mol. The van der Waals surface area contributed by atoms with Crippen LogP contribution in [0.2, 0.25) is 0 Å². The summed E-state index contributed by atoms with van der Waals surface area (Å²) in [6, 6.07) is 0.257. The molecule has 2 aliphatic heterocycles. The van der Waals surface area contributed by atoms with E-state index in [1.807, 2.05) is 0 Å². The Hall–Kier alpha value is -0.390. The molecule has 0 aromatic rings. The van der Waals surface area contributed by atoms with E-state index in [0.717, 1.165) is 38.8 Å². The third-order valence-electron chi connectivity index (χ3n) is 7.46. The highest BCUT2D eigenvalue weighted by Gasteiger charge is 2.59. The number of halogens is 2. The van der Waals surface area contributed by atoms with Crippen molar-refractivity contribution in [1.29, 1.82) is 0 Å². The Labute approximate surface area is 161 Å². The number of nitrogens with zero attached hydrogens (tertiary/aromatic N) is 2. The van der Waals surface area contributed by atoms with Crippen molar-refractivity contribution in [2.45, 2.75) is 93.4 Å². The molecule has 7 atom stereocenters. The minimum absolute atomic E-state index is 0.0523. The van der Waals surface area contributed by atoms with Crippen molar-refractivity contribution in [3.63, 3.8) is 0 Å². The fourth-order valence-electron chi connectivity index (χ4n) is 6.11. The van der Waals surface area contributed by atoms with Gasteiger partial charge >= 0.3 is 0 Å². The molecule has 4 rings (SSSR count). The van der Waals surface area contributed by atoms with Gasteiger partial charge in [0, 0.05) is 23.3 Å². The number of rotatable bonds is 2. The Morgan fingerprint density at radius 1 is 1.04 bits per heavy atom. The molecule has 0 bridgehead atoms. The van der Waals surface area contributed by atoms with E-state index in [0.29, 0.717) is 18.7 Å². The summed E-state index contributed by atoms with van der Waals surface area (Å²) in [4.78, 5) is 7.16. The molecule has 0 amide bonds. The quantitative estimate of drug-likeness (QED) is 0.717. The van der Waals surface area contributed by atoms with Crippen LogP contribution >= 0.6 is 11.6 Å². The van der Waals surface area contributed by atoms with Gasteiger partial charge in [0.1, 0.15) is 17.6 Å². The maximum atomic E-state index is 14.5. The summed E-state index contributed by atoms with van der Waals surface area (Å²) < 4.78 is 14.5. The number of aliphatic hydroxyl groups is 1. The molecule has 1 saturated heterocycles. The molecule has 0 aromatic heterocycles. The first-order valence-electron chi connectivity index (χ1n) is 10.6. The van der Waals surface area contributed by atoms with E-state index in [1.54, 1.807) is 0 Å². The Morgan fingerprint density at radius 2 is 1.77 bits per heavy atom. The molecule has 3 fully saturated rings. The van der Waals surface area contributed by atoms with Gasteiger partial charge in [0.05, 0.1) is 6.04 Å². The van der Waals surface area contributed by atoms with E-state index < -0.39 is 11.8 Å². The van der Waals surface area contributed by atoms with Crippen molar-refractivity contribution in [2.24, 2.45) is 22.6 Å². The first-order valence-corrected chi connectivity index (χ1v) is 11.0. The number of aliphatic imine (C=N–C) groups is 1. The Morgan fingerprint density at radius 3 is 2.50 bits per heavy atom. The van der Waals surface area contributed by atoms with E-state index >= 15 is 0 Å². The predicted octanol–water partition coefficient (Wildman–Crippen LogP) is 3.25. The number of fused-ring (bicyclic) bond motifs is 1. The molecule has 0 radical (unpaired) electrons. The summed E-state index contributed by atoms with van der Waals surface area (Å²) in [5.74, 6) is 0.116. The van der Waals surface area contributed by atoms with Crippen molar-refractivity contribution >= 4 is 17.4 Å². The summed E-state index contributed by atoms with van der Waals surface area (Å²) in [7, 11) is 0. The van der Waals surface area contributed by atoms with Gasteiger partial charge in [-0.25, -0.2) is 4.39 Å². The number of hydrogen-bond acceptors (Lipinski definition) is 4. The lowest BCUT2D eigenvalue weighted by molar-refractivity contribution is -0.0767. The number of hydrogen-bond donors (Lipinski definition) is 2. The number of alkyl halides is 2. The summed E-state index contributed by atoms with van der Waals surface area (Å²) >= 11 is 6.45. The van der Waals surface area contributed by atoms with Crippen molar-refractivity contribution < 1.29 is 9.50 Å². The standard InChI is InChI=1S/C20H33ClFN3O/c21-13-5-7-17-15(11-13)20(26,19(23)24-17)16-12-14(22)6-8-18(16)25-9-3-1-2-4-10-25/h13-18,26H,1-12H2,(H2,23,24). The van der Waals surface area contributed by atoms with Crippen LogP contribution in [0.15, 0.2) is 4.99 Å². The van der Waals surface area contributed by atoms with Gasteiger partial charge in [0.15, 0.2) is 0 Å². The second kappa shape index (κ2) is 7.56. The minimum Gasteiger partial charge on any atom is -0.385 e. The van der Waals surface area contributed by atoms with Gasteiger partial charge in [-0.2, -0.15) is 0 Å². The zero-order chi connectivity index (χ0) is 18.3. The van der Waals surface area contributed by atoms with E-state index in [2.05, 4.69) is 9.89 Å². The molecule has 2 saturated carbocycles. The highest BCUT2D eigenvalue weighted by molar-refractivity contribution is 6.20. The van der Waals surface area contributed by atoms with E-state index in [-0.39, 0.29) is 29.3 Å². The summed E-state index contributed by atoms with van der Waals surface area (Å²) in [5, 5.41) is 11.9.